The van der Waals surface area contributed by atoms with Gasteiger partial charge in [0.25, 0.3) is 0 Å². The summed E-state index contributed by atoms with van der Waals surface area (Å²) >= 11 is 0. The lowest BCUT2D eigenvalue weighted by atomic mass is 9.93. The van der Waals surface area contributed by atoms with Gasteiger partial charge in [-0.05, 0) is 61.2 Å². The van der Waals surface area contributed by atoms with Crippen LogP contribution < -0.4 is 16.4 Å². The van der Waals surface area contributed by atoms with E-state index in [1.807, 2.05) is 19.2 Å². The smallest absolute Gasteiger partial charge is 0.0605 e. The first-order valence-electron chi connectivity index (χ1n) is 9.70. The summed E-state index contributed by atoms with van der Waals surface area (Å²) in [6.45, 7) is 4.93. The molecule has 0 radical (unpaired) electrons. The molecule has 1 atom stereocenters. The lowest BCUT2D eigenvalue weighted by Gasteiger charge is -2.21. The third-order valence-electron chi connectivity index (χ3n) is 5.21. The van der Waals surface area contributed by atoms with Gasteiger partial charge in [-0.25, -0.2) is 0 Å². The van der Waals surface area contributed by atoms with Crippen LogP contribution in [0.3, 0.4) is 0 Å². The van der Waals surface area contributed by atoms with Crippen LogP contribution in [0, 0.1) is 6.92 Å². The van der Waals surface area contributed by atoms with Gasteiger partial charge in [0, 0.05) is 35.9 Å². The molecule has 4 nitrogen and oxygen atoms in total. The number of hydrogen-bond acceptors (Lipinski definition) is 4. The molecule has 0 bridgehead atoms. The zero-order valence-electron chi connectivity index (χ0n) is 16.4. The fourth-order valence-corrected chi connectivity index (χ4v) is 3.74. The van der Waals surface area contributed by atoms with Crippen LogP contribution in [0.1, 0.15) is 36.1 Å². The Bertz CT molecular complexity index is 987. The highest BCUT2D eigenvalue weighted by Crippen LogP contribution is 2.35. The van der Waals surface area contributed by atoms with Gasteiger partial charge in [-0.3, -0.25) is 4.98 Å². The summed E-state index contributed by atoms with van der Waals surface area (Å²) in [6.07, 6.45) is 4.68. The zero-order chi connectivity index (χ0) is 19.5. The molecular weight excluding hydrogens is 344 g/mol. The number of pyridine rings is 1. The summed E-state index contributed by atoms with van der Waals surface area (Å²) in [5.41, 5.74) is 15.1. The first-order valence-corrected chi connectivity index (χ1v) is 9.70. The Morgan fingerprint density at radius 3 is 2.64 bits per heavy atom. The fraction of sp³-hybridized carbons (Fsp3) is 0.208. The highest BCUT2D eigenvalue weighted by molar-refractivity contribution is 5.75. The number of nitrogens with zero attached hydrogens (tertiary/aromatic N) is 1. The van der Waals surface area contributed by atoms with Gasteiger partial charge in [0.1, 0.15) is 0 Å². The summed E-state index contributed by atoms with van der Waals surface area (Å²) in [4.78, 5) is 4.27. The number of aryl methyl sites for hydroxylation is 1. The van der Waals surface area contributed by atoms with Crippen LogP contribution in [0.25, 0.3) is 16.8 Å². The Balaban J connectivity index is 1.79. The number of anilines is 1. The molecule has 2 aromatic carbocycles. The van der Waals surface area contributed by atoms with Gasteiger partial charge >= 0.3 is 0 Å². The van der Waals surface area contributed by atoms with Crippen LogP contribution in [0.4, 0.5) is 5.69 Å². The van der Waals surface area contributed by atoms with E-state index < -0.39 is 0 Å². The van der Waals surface area contributed by atoms with Gasteiger partial charge in [-0.15, -0.1) is 0 Å². The first-order chi connectivity index (χ1) is 13.6. The third kappa shape index (κ3) is 3.72. The summed E-state index contributed by atoms with van der Waals surface area (Å²) < 4.78 is 0. The third-order valence-corrected chi connectivity index (χ3v) is 5.21. The minimum atomic E-state index is 0.193. The molecule has 1 aromatic heterocycles. The lowest BCUT2D eigenvalue weighted by molar-refractivity contribution is 0.683. The summed E-state index contributed by atoms with van der Waals surface area (Å²) in [5.74, 6) is 0. The van der Waals surface area contributed by atoms with Crippen LogP contribution in [-0.4, -0.2) is 11.5 Å². The average molecular weight is 371 g/mol. The number of nitrogens with one attached hydrogen (secondary N) is 2. The topological polar surface area (TPSA) is 63.0 Å². The second-order valence-corrected chi connectivity index (χ2v) is 7.38. The van der Waals surface area contributed by atoms with Crippen molar-refractivity contribution in [3.8, 4) is 11.1 Å². The highest BCUT2D eigenvalue weighted by atomic mass is 15.0. The van der Waals surface area contributed by atoms with Crippen molar-refractivity contribution >= 4 is 11.4 Å². The summed E-state index contributed by atoms with van der Waals surface area (Å²) in [5, 5.41) is 7.25. The Morgan fingerprint density at radius 1 is 1.11 bits per heavy atom. The van der Waals surface area contributed by atoms with E-state index in [4.69, 9.17) is 5.73 Å². The molecule has 1 aliphatic rings. The van der Waals surface area contributed by atoms with Crippen LogP contribution in [0.5, 0.6) is 0 Å². The van der Waals surface area contributed by atoms with Gasteiger partial charge in [0.05, 0.1) is 11.7 Å². The number of fused-ring (bicyclic) bond motifs is 1. The fourth-order valence-electron chi connectivity index (χ4n) is 3.74. The van der Waals surface area contributed by atoms with Crippen molar-refractivity contribution in [2.24, 2.45) is 5.73 Å². The van der Waals surface area contributed by atoms with Crippen molar-refractivity contribution in [1.29, 1.82) is 0 Å². The van der Waals surface area contributed by atoms with Gasteiger partial charge in [-0.1, -0.05) is 35.9 Å². The lowest BCUT2D eigenvalue weighted by Crippen LogP contribution is -2.16. The van der Waals surface area contributed by atoms with E-state index in [1.54, 1.807) is 6.20 Å². The van der Waals surface area contributed by atoms with Crippen molar-refractivity contribution in [3.63, 3.8) is 0 Å². The minimum Gasteiger partial charge on any atom is -0.401 e. The molecule has 0 aliphatic carbocycles. The van der Waals surface area contributed by atoms with Gasteiger partial charge in [0.2, 0.25) is 0 Å². The molecule has 0 saturated heterocycles. The predicted octanol–water partition coefficient (Wildman–Crippen LogP) is 4.85. The maximum absolute atomic E-state index is 6.20. The summed E-state index contributed by atoms with van der Waals surface area (Å²) in [7, 11) is 0. The van der Waals surface area contributed by atoms with Crippen LogP contribution in [0.15, 0.2) is 72.7 Å². The predicted molar refractivity (Wildman–Crippen MR) is 117 cm³/mol. The SMILES string of the molecule is C/C(N)=C1/NCCC(Nc2ccc(C)cc2)c2cc(-c3cccnc3)ccc21. The number of hydrogen-bond donors (Lipinski definition) is 3. The highest BCUT2D eigenvalue weighted by Gasteiger charge is 2.22. The van der Waals surface area contributed by atoms with Crippen molar-refractivity contribution < 1.29 is 0 Å². The number of allylic oxidation sites excluding steroid dienone is 1. The molecule has 3 aromatic rings. The zero-order valence-corrected chi connectivity index (χ0v) is 16.4. The van der Waals surface area contributed by atoms with E-state index in [0.29, 0.717) is 0 Å². The number of rotatable bonds is 3. The van der Waals surface area contributed by atoms with Crippen LogP contribution >= 0.6 is 0 Å². The molecule has 142 valence electrons. The molecule has 0 spiro atoms. The number of benzene rings is 2. The second kappa shape index (κ2) is 7.77. The van der Waals surface area contributed by atoms with Crippen molar-refractivity contribution in [2.75, 3.05) is 11.9 Å². The molecule has 1 unspecified atom stereocenters. The number of aromatic nitrogens is 1. The van der Waals surface area contributed by atoms with Gasteiger partial charge in [0.15, 0.2) is 0 Å². The Hall–Kier alpha value is -3.27. The Morgan fingerprint density at radius 2 is 1.93 bits per heavy atom. The molecule has 1 aliphatic heterocycles. The average Bonchev–Trinajstić information content (AvgIpc) is 2.89. The Labute approximate surface area is 166 Å². The van der Waals surface area contributed by atoms with Gasteiger partial charge in [-0.2, -0.15) is 0 Å². The minimum absolute atomic E-state index is 0.193. The molecule has 0 amide bonds. The number of nitrogens with two attached hydrogens (primary N) is 1. The van der Waals surface area contributed by atoms with E-state index in [9.17, 15) is 0 Å². The maximum Gasteiger partial charge on any atom is 0.0605 e. The van der Waals surface area contributed by atoms with E-state index >= 15 is 0 Å². The monoisotopic (exact) mass is 370 g/mol. The maximum atomic E-state index is 6.20. The standard InChI is InChI=1S/C24H26N4/c1-16-5-8-20(9-6-16)28-23-11-13-27-24(17(2)25)21-10-7-18(14-22(21)23)19-4-3-12-26-15-19/h3-10,12,14-15,23,27-28H,11,13,25H2,1-2H3/b24-17-. The summed E-state index contributed by atoms with van der Waals surface area (Å²) in [6, 6.07) is 19.4. The quantitative estimate of drug-likeness (QED) is 0.617. The second-order valence-electron chi connectivity index (χ2n) is 7.38. The first kappa shape index (κ1) is 18.1. The molecule has 4 rings (SSSR count). The van der Waals surface area contributed by atoms with Crippen LogP contribution in [-0.2, 0) is 0 Å². The molecule has 28 heavy (non-hydrogen) atoms. The van der Waals surface area contributed by atoms with Gasteiger partial charge < -0.3 is 16.4 Å². The Kier molecular flexibility index (Phi) is 5.02. The molecule has 2 heterocycles. The van der Waals surface area contributed by atoms with E-state index in [1.165, 1.54) is 16.7 Å². The van der Waals surface area contributed by atoms with Crippen molar-refractivity contribution in [1.82, 2.24) is 10.3 Å². The molecule has 0 saturated carbocycles. The normalized spacial score (nSPS) is 17.9. The van der Waals surface area contributed by atoms with E-state index in [-0.39, 0.29) is 6.04 Å². The molecule has 0 fully saturated rings. The molecule has 4 heteroatoms. The van der Waals surface area contributed by atoms with Crippen molar-refractivity contribution in [2.45, 2.75) is 26.3 Å². The van der Waals surface area contributed by atoms with Crippen molar-refractivity contribution in [3.05, 3.63) is 89.4 Å². The van der Waals surface area contributed by atoms with Crippen LogP contribution in [0.2, 0.25) is 0 Å². The van der Waals surface area contributed by atoms with E-state index in [2.05, 4.69) is 71.1 Å². The molecular formula is C24H26N4. The molecule has 4 N–H and O–H groups in total. The largest absolute Gasteiger partial charge is 0.401 e. The van der Waals surface area contributed by atoms with E-state index in [0.717, 1.165) is 41.2 Å².